The zero-order chi connectivity index (χ0) is 17.6. The fourth-order valence-electron chi connectivity index (χ4n) is 3.70. The molecule has 0 amide bonds. The molecule has 2 atom stereocenters. The summed E-state index contributed by atoms with van der Waals surface area (Å²) in [7, 11) is 0. The second-order valence-electron chi connectivity index (χ2n) is 6.81. The van der Waals surface area contributed by atoms with Gasteiger partial charge in [-0.15, -0.1) is 0 Å². The van der Waals surface area contributed by atoms with Crippen LogP contribution in [0.15, 0.2) is 48.5 Å². The number of carbonyl (C=O) groups excluding carboxylic acids is 1. The van der Waals surface area contributed by atoms with Gasteiger partial charge in [0.2, 0.25) is 0 Å². The number of benzene rings is 2. The molecule has 0 aliphatic heterocycles. The Balaban J connectivity index is 1.61. The Kier molecular flexibility index (Phi) is 5.50. The predicted molar refractivity (Wildman–Crippen MR) is 97.5 cm³/mol. The van der Waals surface area contributed by atoms with Gasteiger partial charge in [-0.2, -0.15) is 5.26 Å². The number of esters is 1. The van der Waals surface area contributed by atoms with Gasteiger partial charge in [-0.1, -0.05) is 31.9 Å². The highest BCUT2D eigenvalue weighted by Crippen LogP contribution is 2.40. The number of carbonyl (C=O) groups is 1. The number of hydrogen-bond acceptors (Lipinski definition) is 3. The second kappa shape index (κ2) is 7.98. The summed E-state index contributed by atoms with van der Waals surface area (Å²) in [5, 5.41) is 8.79. The highest BCUT2D eigenvalue weighted by atomic mass is 16.5. The smallest absolute Gasteiger partial charge is 0.343 e. The first-order valence-electron chi connectivity index (χ1n) is 9.02. The zero-order valence-electron chi connectivity index (χ0n) is 14.6. The fraction of sp³-hybridized carbons (Fsp3) is 0.364. The summed E-state index contributed by atoms with van der Waals surface area (Å²) < 4.78 is 5.37. The van der Waals surface area contributed by atoms with E-state index in [4.69, 9.17) is 10.00 Å². The molecular formula is C22H23NO2. The number of nitrogens with zero attached hydrogens (tertiary/aromatic N) is 1. The van der Waals surface area contributed by atoms with Crippen LogP contribution in [-0.4, -0.2) is 5.97 Å². The minimum Gasteiger partial charge on any atom is -0.423 e. The SMILES string of the molecule is CCC[C@@H]1CC[C@@H](c2ccc(C(=O)Oc3ccc(C#N)cc3)cc2)C1. The summed E-state index contributed by atoms with van der Waals surface area (Å²) in [5.74, 6) is 1.56. The normalized spacial score (nSPS) is 19.4. The molecular weight excluding hydrogens is 310 g/mol. The van der Waals surface area contributed by atoms with E-state index >= 15 is 0 Å². The maximum absolute atomic E-state index is 12.3. The van der Waals surface area contributed by atoms with E-state index in [9.17, 15) is 4.79 Å². The largest absolute Gasteiger partial charge is 0.423 e. The first-order chi connectivity index (χ1) is 12.2. The van der Waals surface area contributed by atoms with Crippen LogP contribution < -0.4 is 4.74 Å². The van der Waals surface area contributed by atoms with E-state index in [1.165, 1.54) is 37.7 Å². The number of rotatable bonds is 5. The van der Waals surface area contributed by atoms with Crippen molar-refractivity contribution in [1.82, 2.24) is 0 Å². The lowest BCUT2D eigenvalue weighted by molar-refractivity contribution is 0.0734. The highest BCUT2D eigenvalue weighted by Gasteiger charge is 2.25. The van der Waals surface area contributed by atoms with E-state index in [1.54, 1.807) is 24.3 Å². The number of hydrogen-bond donors (Lipinski definition) is 0. The van der Waals surface area contributed by atoms with Crippen molar-refractivity contribution in [2.45, 2.75) is 44.9 Å². The molecule has 0 radical (unpaired) electrons. The third kappa shape index (κ3) is 4.28. The predicted octanol–water partition coefficient (Wildman–Crippen LogP) is 5.46. The van der Waals surface area contributed by atoms with Crippen LogP contribution in [0.1, 0.15) is 66.4 Å². The van der Waals surface area contributed by atoms with Crippen molar-refractivity contribution >= 4 is 5.97 Å². The maximum Gasteiger partial charge on any atom is 0.343 e. The summed E-state index contributed by atoms with van der Waals surface area (Å²) in [5.41, 5.74) is 2.42. The summed E-state index contributed by atoms with van der Waals surface area (Å²) in [4.78, 5) is 12.3. The molecule has 3 rings (SSSR count). The van der Waals surface area contributed by atoms with Crippen LogP contribution in [0, 0.1) is 17.2 Å². The van der Waals surface area contributed by atoms with E-state index in [-0.39, 0.29) is 5.97 Å². The molecule has 0 spiro atoms. The van der Waals surface area contributed by atoms with E-state index in [2.05, 4.69) is 19.1 Å². The van der Waals surface area contributed by atoms with Gasteiger partial charge in [-0.05, 0) is 73.1 Å². The fourth-order valence-corrected chi connectivity index (χ4v) is 3.70. The average Bonchev–Trinajstić information content (AvgIpc) is 3.11. The molecule has 1 aliphatic rings. The highest BCUT2D eigenvalue weighted by molar-refractivity contribution is 5.91. The van der Waals surface area contributed by atoms with E-state index in [0.29, 0.717) is 22.8 Å². The molecule has 2 aromatic carbocycles. The van der Waals surface area contributed by atoms with Gasteiger partial charge in [0.25, 0.3) is 0 Å². The third-order valence-corrected chi connectivity index (χ3v) is 5.05. The molecule has 1 saturated carbocycles. The molecule has 0 unspecified atom stereocenters. The molecule has 0 bridgehead atoms. The Morgan fingerprint density at radius 1 is 1.12 bits per heavy atom. The quantitative estimate of drug-likeness (QED) is 0.539. The summed E-state index contributed by atoms with van der Waals surface area (Å²) >= 11 is 0. The lowest BCUT2D eigenvalue weighted by Gasteiger charge is -2.12. The van der Waals surface area contributed by atoms with Crippen LogP contribution in [0.25, 0.3) is 0 Å². The molecule has 2 aromatic rings. The van der Waals surface area contributed by atoms with Crippen LogP contribution in [-0.2, 0) is 0 Å². The molecule has 3 nitrogen and oxygen atoms in total. The van der Waals surface area contributed by atoms with Gasteiger partial charge in [0, 0.05) is 0 Å². The van der Waals surface area contributed by atoms with Gasteiger partial charge in [-0.3, -0.25) is 0 Å². The number of nitriles is 1. The van der Waals surface area contributed by atoms with Crippen molar-refractivity contribution < 1.29 is 9.53 Å². The minimum atomic E-state index is -0.369. The Morgan fingerprint density at radius 2 is 1.84 bits per heavy atom. The van der Waals surface area contributed by atoms with Gasteiger partial charge in [0.1, 0.15) is 5.75 Å². The minimum absolute atomic E-state index is 0.369. The first-order valence-corrected chi connectivity index (χ1v) is 9.02. The summed E-state index contributed by atoms with van der Waals surface area (Å²) in [6.07, 6.45) is 6.42. The van der Waals surface area contributed by atoms with Gasteiger partial charge >= 0.3 is 5.97 Å². The molecule has 1 fully saturated rings. The van der Waals surface area contributed by atoms with Gasteiger partial charge in [0.15, 0.2) is 0 Å². The second-order valence-corrected chi connectivity index (χ2v) is 6.81. The zero-order valence-corrected chi connectivity index (χ0v) is 14.6. The summed E-state index contributed by atoms with van der Waals surface area (Å²) in [6.45, 7) is 2.25. The van der Waals surface area contributed by atoms with Gasteiger partial charge in [-0.25, -0.2) is 4.79 Å². The molecule has 3 heteroatoms. The lowest BCUT2D eigenvalue weighted by atomic mass is 9.94. The van der Waals surface area contributed by atoms with Crippen LogP contribution in [0.4, 0.5) is 0 Å². The Bertz CT molecular complexity index is 756. The molecule has 0 aromatic heterocycles. The van der Waals surface area contributed by atoms with Crippen LogP contribution in [0.2, 0.25) is 0 Å². The Morgan fingerprint density at radius 3 is 2.48 bits per heavy atom. The third-order valence-electron chi connectivity index (χ3n) is 5.05. The number of ether oxygens (including phenoxy) is 1. The van der Waals surface area contributed by atoms with E-state index in [0.717, 1.165) is 5.92 Å². The van der Waals surface area contributed by atoms with Crippen LogP contribution in [0.5, 0.6) is 5.75 Å². The van der Waals surface area contributed by atoms with E-state index < -0.39 is 0 Å². The molecule has 0 saturated heterocycles. The van der Waals surface area contributed by atoms with Gasteiger partial charge in [0.05, 0.1) is 17.2 Å². The van der Waals surface area contributed by atoms with E-state index in [1.807, 2.05) is 18.2 Å². The van der Waals surface area contributed by atoms with Gasteiger partial charge < -0.3 is 4.74 Å². The lowest BCUT2D eigenvalue weighted by Crippen LogP contribution is -2.08. The van der Waals surface area contributed by atoms with Crippen molar-refractivity contribution in [3.05, 3.63) is 65.2 Å². The first kappa shape index (κ1) is 17.2. The van der Waals surface area contributed by atoms with Crippen LogP contribution in [0.3, 0.4) is 0 Å². The van der Waals surface area contributed by atoms with Crippen molar-refractivity contribution in [2.75, 3.05) is 0 Å². The maximum atomic E-state index is 12.3. The van der Waals surface area contributed by atoms with Crippen molar-refractivity contribution in [3.63, 3.8) is 0 Å². The molecule has 128 valence electrons. The van der Waals surface area contributed by atoms with Crippen molar-refractivity contribution in [1.29, 1.82) is 5.26 Å². The van der Waals surface area contributed by atoms with Crippen LogP contribution >= 0.6 is 0 Å². The molecule has 0 N–H and O–H groups in total. The van der Waals surface area contributed by atoms with Crippen molar-refractivity contribution in [2.24, 2.45) is 5.92 Å². The summed E-state index contributed by atoms with van der Waals surface area (Å²) in [6, 6.07) is 16.4. The average molecular weight is 333 g/mol. The molecule has 0 heterocycles. The molecule has 1 aliphatic carbocycles. The topological polar surface area (TPSA) is 50.1 Å². The van der Waals surface area contributed by atoms with Crippen molar-refractivity contribution in [3.8, 4) is 11.8 Å². The standard InChI is InChI=1S/C22H23NO2/c1-2-3-16-4-7-20(14-16)18-8-10-19(11-9-18)22(24)25-21-12-5-17(15-23)6-13-21/h5-6,8-13,16,20H,2-4,7,14H2,1H3/t16-,20-/m1/s1. The molecule has 25 heavy (non-hydrogen) atoms. The Labute approximate surface area is 149 Å². The monoisotopic (exact) mass is 333 g/mol. The Hall–Kier alpha value is -2.60.